The summed E-state index contributed by atoms with van der Waals surface area (Å²) >= 11 is 41.5. The third-order valence-electron chi connectivity index (χ3n) is 9.15. The molecule has 2 nitrogen and oxygen atoms in total. The van der Waals surface area contributed by atoms with Crippen molar-refractivity contribution in [3.8, 4) is 0 Å². The summed E-state index contributed by atoms with van der Waals surface area (Å²) < 4.78 is -1.44. The molecule has 0 N–H and O–H groups in total. The number of halogens is 6. The van der Waals surface area contributed by atoms with Crippen LogP contribution in [0.25, 0.3) is 0 Å². The lowest BCUT2D eigenvalue weighted by Gasteiger charge is -2.37. The van der Waals surface area contributed by atoms with Crippen LogP contribution >= 0.6 is 69.6 Å². The van der Waals surface area contributed by atoms with Crippen molar-refractivity contribution in [2.45, 2.75) is 143 Å². The Labute approximate surface area is 255 Å². The number of hydrogen-bond acceptors (Lipinski definition) is 1. The Kier molecular flexibility index (Phi) is 12.5. The summed E-state index contributed by atoms with van der Waals surface area (Å²) in [6.07, 6.45) is 18.3. The van der Waals surface area contributed by atoms with Gasteiger partial charge in [-0.1, -0.05) is 118 Å². The van der Waals surface area contributed by atoms with E-state index in [9.17, 15) is 4.79 Å². The van der Waals surface area contributed by atoms with E-state index in [-0.39, 0.29) is 11.8 Å². The van der Waals surface area contributed by atoms with Gasteiger partial charge < -0.3 is 4.90 Å². The number of likely N-dealkylation sites (tertiary alicyclic amines) is 1. The largest absolute Gasteiger partial charge is 0.340 e. The normalized spacial score (nSPS) is 33.0. The van der Waals surface area contributed by atoms with Crippen molar-refractivity contribution >= 4 is 75.5 Å². The molecule has 214 valence electrons. The predicted molar refractivity (Wildman–Crippen MR) is 163 cm³/mol. The summed E-state index contributed by atoms with van der Waals surface area (Å²) in [7, 11) is 0. The predicted octanol–water partition coefficient (Wildman–Crippen LogP) is 10.9. The van der Waals surface area contributed by atoms with Crippen LogP contribution in [0.1, 0.15) is 123 Å². The van der Waals surface area contributed by atoms with Gasteiger partial charge in [-0.05, 0) is 57.3 Å². The number of fused-ring (bicyclic) bond motifs is 2. The second-order valence-corrected chi connectivity index (χ2v) is 14.9. The first kappa shape index (κ1) is 32.5. The van der Waals surface area contributed by atoms with Crippen molar-refractivity contribution in [1.82, 2.24) is 4.90 Å². The Morgan fingerprint density at radius 2 is 1.27 bits per heavy atom. The molecule has 5 atom stereocenters. The van der Waals surface area contributed by atoms with Crippen molar-refractivity contribution < 1.29 is 4.79 Å². The topological polar surface area (TPSA) is 20.3 Å². The highest BCUT2D eigenvalue weighted by atomic mass is 35.5. The van der Waals surface area contributed by atoms with Crippen molar-refractivity contribution in [2.24, 2.45) is 11.8 Å². The molecule has 37 heavy (non-hydrogen) atoms. The van der Waals surface area contributed by atoms with Crippen LogP contribution in [0.15, 0.2) is 10.1 Å². The zero-order valence-corrected chi connectivity index (χ0v) is 27.1. The van der Waals surface area contributed by atoms with Gasteiger partial charge >= 0.3 is 0 Å². The maximum absolute atomic E-state index is 12.6. The van der Waals surface area contributed by atoms with Crippen LogP contribution in [0, 0.1) is 11.8 Å². The van der Waals surface area contributed by atoms with Gasteiger partial charge in [0.15, 0.2) is 4.33 Å². The minimum atomic E-state index is -1.44. The molecule has 0 aromatic rings. The lowest BCUT2D eigenvalue weighted by molar-refractivity contribution is -0.134. The second kappa shape index (κ2) is 14.2. The first-order valence-electron chi connectivity index (χ1n) is 14.7. The Morgan fingerprint density at radius 3 is 1.78 bits per heavy atom. The molecular formula is C29H45Cl6NO. The van der Waals surface area contributed by atoms with E-state index in [1.165, 1.54) is 32.1 Å². The van der Waals surface area contributed by atoms with E-state index in [0.29, 0.717) is 28.4 Å². The molecule has 2 aliphatic carbocycles. The molecule has 0 aromatic heterocycles. The fourth-order valence-electron chi connectivity index (χ4n) is 6.93. The molecule has 1 heterocycles. The van der Waals surface area contributed by atoms with Crippen molar-refractivity contribution in [2.75, 3.05) is 6.54 Å². The fraction of sp³-hybridized carbons (Fsp3) is 0.897. The van der Waals surface area contributed by atoms with Gasteiger partial charge in [-0.3, -0.25) is 4.79 Å². The molecule has 1 aliphatic heterocycles. The first-order valence-corrected chi connectivity index (χ1v) is 16.9. The molecule has 3 rings (SSSR count). The van der Waals surface area contributed by atoms with Gasteiger partial charge in [0, 0.05) is 19.0 Å². The van der Waals surface area contributed by atoms with E-state index in [2.05, 4.69) is 18.7 Å². The number of unbranched alkanes of at least 4 members (excludes halogenated alkanes) is 9. The Balaban J connectivity index is 1.49. The molecule has 0 spiro atoms. The summed E-state index contributed by atoms with van der Waals surface area (Å²) in [4.78, 5) is 12.4. The van der Waals surface area contributed by atoms with Gasteiger partial charge in [0.25, 0.3) is 0 Å². The van der Waals surface area contributed by atoms with E-state index < -0.39 is 14.1 Å². The van der Waals surface area contributed by atoms with Crippen LogP contribution in [-0.4, -0.2) is 37.5 Å². The number of carbonyl (C=O) groups is 1. The van der Waals surface area contributed by atoms with Gasteiger partial charge in [0.2, 0.25) is 5.91 Å². The zero-order chi connectivity index (χ0) is 27.3. The van der Waals surface area contributed by atoms with Crippen molar-refractivity contribution in [3.05, 3.63) is 10.1 Å². The number of alkyl halides is 4. The van der Waals surface area contributed by atoms with Crippen LogP contribution in [0.3, 0.4) is 0 Å². The number of rotatable bonds is 15. The average molecular weight is 636 g/mol. The van der Waals surface area contributed by atoms with Gasteiger partial charge in [-0.2, -0.15) is 0 Å². The number of piperidine rings is 1. The maximum Gasteiger partial charge on any atom is 0.222 e. The van der Waals surface area contributed by atoms with E-state index in [0.717, 1.165) is 77.2 Å². The molecule has 5 unspecified atom stereocenters. The van der Waals surface area contributed by atoms with E-state index in [1.807, 2.05) is 0 Å². The summed E-state index contributed by atoms with van der Waals surface area (Å²) in [5.41, 5.74) is 0. The second-order valence-electron chi connectivity index (χ2n) is 11.6. The number of carbonyl (C=O) groups excluding carboxylic acids is 1. The Hall–Kier alpha value is 0.950. The maximum atomic E-state index is 12.6. The van der Waals surface area contributed by atoms with E-state index >= 15 is 0 Å². The summed E-state index contributed by atoms with van der Waals surface area (Å²) in [5.74, 6) is 0.295. The minimum Gasteiger partial charge on any atom is -0.340 e. The van der Waals surface area contributed by atoms with Gasteiger partial charge in [0.1, 0.15) is 9.75 Å². The summed E-state index contributed by atoms with van der Waals surface area (Å²) in [5, 5.41) is 0.654. The molecule has 3 aliphatic rings. The molecule has 1 saturated heterocycles. The molecular weight excluding hydrogens is 591 g/mol. The van der Waals surface area contributed by atoms with Crippen LogP contribution in [-0.2, 0) is 4.79 Å². The zero-order valence-electron chi connectivity index (χ0n) is 22.6. The first-order chi connectivity index (χ1) is 17.5. The van der Waals surface area contributed by atoms with Gasteiger partial charge in [-0.15, -0.1) is 23.2 Å². The number of nitrogens with zero attached hydrogens (tertiary/aromatic N) is 1. The van der Waals surface area contributed by atoms with Crippen LogP contribution in [0.5, 0.6) is 0 Å². The van der Waals surface area contributed by atoms with Crippen LogP contribution in [0.4, 0.5) is 0 Å². The highest BCUT2D eigenvalue weighted by Gasteiger charge is 2.81. The van der Waals surface area contributed by atoms with Gasteiger partial charge in [-0.25, -0.2) is 0 Å². The minimum absolute atomic E-state index is 0.00741. The summed E-state index contributed by atoms with van der Waals surface area (Å²) in [6, 6.07) is 0.394. The third kappa shape index (κ3) is 6.40. The molecule has 8 heteroatoms. The standard InChI is InChI=1S/C29H45Cl6NO/c1-3-4-5-6-8-11-17-22-23(28(33)26(31)25(30)27(22,32)29(28,34)35)18-12-9-7-10-13-19-24(37)36-20-15-14-16-21(36)2/h21-23H,3-20H2,1-2H3. The van der Waals surface area contributed by atoms with Crippen molar-refractivity contribution in [3.63, 3.8) is 0 Å². The lowest BCUT2D eigenvalue weighted by Crippen LogP contribution is -2.44. The van der Waals surface area contributed by atoms with Gasteiger partial charge in [0.05, 0.1) is 10.1 Å². The third-order valence-corrected chi connectivity index (χ3v) is 13.5. The number of amides is 1. The quantitative estimate of drug-likeness (QED) is 0.129. The molecule has 0 radical (unpaired) electrons. The SMILES string of the molecule is CCCCCCCCC1C(CCCCCCCC(=O)N2CCCCC2C)C2(Cl)C(Cl)=C(Cl)C1(Cl)C2(Cl)Cl. The molecule has 1 saturated carbocycles. The Morgan fingerprint density at radius 1 is 0.784 bits per heavy atom. The average Bonchev–Trinajstić information content (AvgIpc) is 3.06. The Bertz CT molecular complexity index is 803. The highest BCUT2D eigenvalue weighted by Crippen LogP contribution is 2.77. The van der Waals surface area contributed by atoms with Crippen LogP contribution < -0.4 is 0 Å². The van der Waals surface area contributed by atoms with E-state index in [1.54, 1.807) is 0 Å². The van der Waals surface area contributed by atoms with Crippen LogP contribution in [0.2, 0.25) is 0 Å². The summed E-state index contributed by atoms with van der Waals surface area (Å²) in [6.45, 7) is 5.32. The lowest BCUT2D eigenvalue weighted by atomic mass is 9.76. The molecule has 2 bridgehead atoms. The molecule has 2 fully saturated rings. The number of allylic oxidation sites excluding steroid dienone is 2. The molecule has 1 amide bonds. The monoisotopic (exact) mass is 633 g/mol. The fourth-order valence-corrected chi connectivity index (χ4v) is 10.1. The van der Waals surface area contributed by atoms with Crippen molar-refractivity contribution in [1.29, 1.82) is 0 Å². The smallest absolute Gasteiger partial charge is 0.222 e. The van der Waals surface area contributed by atoms with E-state index in [4.69, 9.17) is 69.6 Å². The number of hydrogen-bond donors (Lipinski definition) is 0. The molecule has 0 aromatic carbocycles. The highest BCUT2D eigenvalue weighted by molar-refractivity contribution is 6.65.